The molecule has 1 N–H and O–H groups in total. The van der Waals surface area contributed by atoms with Crippen molar-refractivity contribution in [1.82, 2.24) is 9.88 Å². The summed E-state index contributed by atoms with van der Waals surface area (Å²) in [5, 5.41) is 12.2. The zero-order chi connectivity index (χ0) is 9.97. The normalized spacial score (nSPS) is 17.1. The van der Waals surface area contributed by atoms with Crippen LogP contribution in [0.15, 0.2) is 18.5 Å². The molecule has 1 saturated heterocycles. The minimum absolute atomic E-state index is 0.467. The molecule has 0 aromatic carbocycles. The number of hydrogen-bond acceptors (Lipinski definition) is 4. The first kappa shape index (κ1) is 8.97. The lowest BCUT2D eigenvalue weighted by atomic mass is 10.1. The van der Waals surface area contributed by atoms with Crippen LogP contribution in [0, 0.1) is 11.3 Å². The standard InChI is InChI=1S/C10H12N4/c1-14-6-9(7-14)13-10-2-3-12-5-8(10)4-11/h2-3,5,9H,6-7H2,1H3,(H,12,13). The first-order valence-electron chi connectivity index (χ1n) is 4.59. The third-order valence-corrected chi connectivity index (χ3v) is 2.37. The second-order valence-corrected chi connectivity index (χ2v) is 3.60. The molecule has 1 aromatic heterocycles. The molecule has 4 nitrogen and oxygen atoms in total. The highest BCUT2D eigenvalue weighted by atomic mass is 15.2. The van der Waals surface area contributed by atoms with Crippen molar-refractivity contribution >= 4 is 5.69 Å². The number of nitrogens with one attached hydrogen (secondary N) is 1. The summed E-state index contributed by atoms with van der Waals surface area (Å²) in [4.78, 5) is 6.14. The first-order valence-corrected chi connectivity index (χ1v) is 4.59. The molecule has 4 heteroatoms. The molecule has 72 valence electrons. The minimum atomic E-state index is 0.467. The highest BCUT2D eigenvalue weighted by Crippen LogP contribution is 2.16. The molecule has 2 rings (SSSR count). The van der Waals surface area contributed by atoms with E-state index in [1.54, 1.807) is 12.4 Å². The zero-order valence-corrected chi connectivity index (χ0v) is 8.07. The highest BCUT2D eigenvalue weighted by Gasteiger charge is 2.23. The Hall–Kier alpha value is -1.60. The van der Waals surface area contributed by atoms with Crippen LogP contribution in [-0.4, -0.2) is 36.1 Å². The van der Waals surface area contributed by atoms with E-state index in [4.69, 9.17) is 5.26 Å². The summed E-state index contributed by atoms with van der Waals surface area (Å²) >= 11 is 0. The summed E-state index contributed by atoms with van der Waals surface area (Å²) in [5.41, 5.74) is 1.50. The van der Waals surface area contributed by atoms with Gasteiger partial charge in [-0.2, -0.15) is 5.26 Å². The number of aromatic nitrogens is 1. The fourth-order valence-electron chi connectivity index (χ4n) is 1.62. The number of hydrogen-bond donors (Lipinski definition) is 1. The van der Waals surface area contributed by atoms with Crippen molar-refractivity contribution in [2.24, 2.45) is 0 Å². The van der Waals surface area contributed by atoms with Gasteiger partial charge >= 0.3 is 0 Å². The van der Waals surface area contributed by atoms with Crippen LogP contribution >= 0.6 is 0 Å². The van der Waals surface area contributed by atoms with Gasteiger partial charge in [-0.15, -0.1) is 0 Å². The summed E-state index contributed by atoms with van der Waals surface area (Å²) in [7, 11) is 2.08. The predicted molar refractivity (Wildman–Crippen MR) is 53.9 cm³/mol. The van der Waals surface area contributed by atoms with E-state index >= 15 is 0 Å². The summed E-state index contributed by atoms with van der Waals surface area (Å²) in [6.07, 6.45) is 3.29. The van der Waals surface area contributed by atoms with Crippen molar-refractivity contribution in [3.05, 3.63) is 24.0 Å². The Bertz CT molecular complexity index is 363. The molecule has 0 radical (unpaired) electrons. The van der Waals surface area contributed by atoms with Crippen molar-refractivity contribution in [2.75, 3.05) is 25.5 Å². The lowest BCUT2D eigenvalue weighted by Gasteiger charge is -2.37. The van der Waals surface area contributed by atoms with Gasteiger partial charge in [0.15, 0.2) is 0 Å². The van der Waals surface area contributed by atoms with Gasteiger partial charge in [0, 0.05) is 25.5 Å². The number of likely N-dealkylation sites (tertiary alicyclic amines) is 1. The Morgan fingerprint density at radius 1 is 1.64 bits per heavy atom. The van der Waals surface area contributed by atoms with E-state index in [2.05, 4.69) is 28.3 Å². The molecule has 14 heavy (non-hydrogen) atoms. The van der Waals surface area contributed by atoms with Gasteiger partial charge in [-0.25, -0.2) is 0 Å². The Morgan fingerprint density at radius 3 is 3.07 bits per heavy atom. The molecule has 0 bridgehead atoms. The second kappa shape index (κ2) is 3.64. The zero-order valence-electron chi connectivity index (χ0n) is 8.07. The number of anilines is 1. The maximum absolute atomic E-state index is 8.83. The Kier molecular flexibility index (Phi) is 2.33. The van der Waals surface area contributed by atoms with E-state index in [0.29, 0.717) is 11.6 Å². The molecule has 1 fully saturated rings. The van der Waals surface area contributed by atoms with Gasteiger partial charge in [-0.1, -0.05) is 0 Å². The largest absolute Gasteiger partial charge is 0.379 e. The minimum Gasteiger partial charge on any atom is -0.379 e. The number of nitriles is 1. The topological polar surface area (TPSA) is 52.0 Å². The van der Waals surface area contributed by atoms with Crippen LogP contribution in [-0.2, 0) is 0 Å². The fraction of sp³-hybridized carbons (Fsp3) is 0.400. The van der Waals surface area contributed by atoms with Crippen LogP contribution in [0.4, 0.5) is 5.69 Å². The molecule has 0 aliphatic carbocycles. The highest BCUT2D eigenvalue weighted by molar-refractivity contribution is 5.56. The van der Waals surface area contributed by atoms with E-state index < -0.39 is 0 Å². The van der Waals surface area contributed by atoms with Crippen LogP contribution in [0.5, 0.6) is 0 Å². The van der Waals surface area contributed by atoms with Crippen molar-refractivity contribution in [3.8, 4) is 6.07 Å². The molecule has 0 amide bonds. The molecular weight excluding hydrogens is 176 g/mol. The number of rotatable bonds is 2. The molecule has 2 heterocycles. The maximum atomic E-state index is 8.83. The number of pyridine rings is 1. The Balaban J connectivity index is 2.06. The van der Waals surface area contributed by atoms with Crippen LogP contribution in [0.25, 0.3) is 0 Å². The van der Waals surface area contributed by atoms with E-state index in [9.17, 15) is 0 Å². The molecule has 1 aromatic rings. The Morgan fingerprint density at radius 2 is 2.43 bits per heavy atom. The molecule has 0 unspecified atom stereocenters. The van der Waals surface area contributed by atoms with Gasteiger partial charge in [0.2, 0.25) is 0 Å². The van der Waals surface area contributed by atoms with E-state index in [1.165, 1.54) is 0 Å². The van der Waals surface area contributed by atoms with Crippen molar-refractivity contribution in [2.45, 2.75) is 6.04 Å². The lowest BCUT2D eigenvalue weighted by molar-refractivity contribution is 0.205. The number of nitrogens with zero attached hydrogens (tertiary/aromatic N) is 3. The molecule has 1 aliphatic heterocycles. The molecule has 0 saturated carbocycles. The van der Waals surface area contributed by atoms with Crippen molar-refractivity contribution in [3.63, 3.8) is 0 Å². The SMILES string of the molecule is CN1CC(Nc2ccncc2C#N)C1. The van der Waals surface area contributed by atoms with E-state index in [-0.39, 0.29) is 0 Å². The molecule has 1 aliphatic rings. The Labute approximate surface area is 83.2 Å². The van der Waals surface area contributed by atoms with Gasteiger partial charge in [0.25, 0.3) is 0 Å². The molecular formula is C10H12N4. The van der Waals surface area contributed by atoms with Gasteiger partial charge < -0.3 is 10.2 Å². The third kappa shape index (κ3) is 1.68. The summed E-state index contributed by atoms with van der Waals surface area (Å²) in [5.74, 6) is 0. The summed E-state index contributed by atoms with van der Waals surface area (Å²) in [6.45, 7) is 2.07. The predicted octanol–water partition coefficient (Wildman–Crippen LogP) is 0.679. The molecule has 0 spiro atoms. The van der Waals surface area contributed by atoms with Crippen LogP contribution in [0.3, 0.4) is 0 Å². The van der Waals surface area contributed by atoms with Gasteiger partial charge in [0.05, 0.1) is 17.3 Å². The fourth-order valence-corrected chi connectivity index (χ4v) is 1.62. The van der Waals surface area contributed by atoms with Crippen molar-refractivity contribution in [1.29, 1.82) is 5.26 Å². The van der Waals surface area contributed by atoms with E-state index in [0.717, 1.165) is 18.8 Å². The smallest absolute Gasteiger partial charge is 0.103 e. The van der Waals surface area contributed by atoms with Crippen LogP contribution in [0.1, 0.15) is 5.56 Å². The van der Waals surface area contributed by atoms with Gasteiger partial charge in [-0.3, -0.25) is 4.98 Å². The van der Waals surface area contributed by atoms with Crippen LogP contribution in [0.2, 0.25) is 0 Å². The first-order chi connectivity index (χ1) is 6.79. The average Bonchev–Trinajstić information content (AvgIpc) is 2.16. The van der Waals surface area contributed by atoms with Gasteiger partial charge in [0.1, 0.15) is 6.07 Å². The average molecular weight is 188 g/mol. The summed E-state index contributed by atoms with van der Waals surface area (Å²) in [6, 6.07) is 4.43. The number of likely N-dealkylation sites (N-methyl/N-ethyl adjacent to an activating group) is 1. The monoisotopic (exact) mass is 188 g/mol. The molecule has 0 atom stereocenters. The lowest BCUT2D eigenvalue weighted by Crippen LogP contribution is -2.52. The quantitative estimate of drug-likeness (QED) is 0.741. The van der Waals surface area contributed by atoms with Crippen molar-refractivity contribution < 1.29 is 0 Å². The second-order valence-electron chi connectivity index (χ2n) is 3.60. The summed E-state index contributed by atoms with van der Waals surface area (Å²) < 4.78 is 0. The van der Waals surface area contributed by atoms with Gasteiger partial charge in [-0.05, 0) is 13.1 Å². The third-order valence-electron chi connectivity index (χ3n) is 2.37. The van der Waals surface area contributed by atoms with Crippen LogP contribution < -0.4 is 5.32 Å². The maximum Gasteiger partial charge on any atom is 0.103 e. The van der Waals surface area contributed by atoms with E-state index in [1.807, 2.05) is 6.07 Å².